The topological polar surface area (TPSA) is 76.7 Å². The zero-order chi connectivity index (χ0) is 21.2. The molecule has 6 nitrogen and oxygen atoms in total. The van der Waals surface area contributed by atoms with Gasteiger partial charge in [-0.3, -0.25) is 9.59 Å². The molecular weight excluding hydrogens is 368 g/mol. The van der Waals surface area contributed by atoms with Gasteiger partial charge in [0.15, 0.2) is 11.5 Å². The van der Waals surface area contributed by atoms with E-state index in [1.165, 1.54) is 6.08 Å². The lowest BCUT2D eigenvalue weighted by Crippen LogP contribution is -2.17. The average Bonchev–Trinajstić information content (AvgIpc) is 2.72. The summed E-state index contributed by atoms with van der Waals surface area (Å²) < 4.78 is 10.8. The summed E-state index contributed by atoms with van der Waals surface area (Å²) in [4.78, 5) is 23.9. The van der Waals surface area contributed by atoms with E-state index in [-0.39, 0.29) is 17.7 Å². The molecule has 6 heteroatoms. The van der Waals surface area contributed by atoms with Crippen molar-refractivity contribution in [3.8, 4) is 11.5 Å². The summed E-state index contributed by atoms with van der Waals surface area (Å²) >= 11 is 0. The zero-order valence-corrected chi connectivity index (χ0v) is 16.9. The molecule has 2 aromatic carbocycles. The molecule has 0 aliphatic rings. The van der Waals surface area contributed by atoms with Crippen LogP contribution in [0.4, 0.5) is 11.4 Å². The molecule has 0 saturated heterocycles. The Labute approximate surface area is 171 Å². The summed E-state index contributed by atoms with van der Waals surface area (Å²) in [6.07, 6.45) is 4.78. The van der Waals surface area contributed by atoms with Crippen molar-refractivity contribution < 1.29 is 19.1 Å². The minimum Gasteiger partial charge on any atom is -0.493 e. The standard InChI is InChI=1S/C23H26N2O4/c1-5-14-29-20-12-6-17(15-21(20)28-4)7-13-22(26)24-18-8-10-19(11-9-18)25-23(27)16(2)3/h5-13,15-16H,1,14H2,2-4H3,(H,24,26)(H,25,27)/b13-7+. The molecule has 0 fully saturated rings. The third-order valence-corrected chi connectivity index (χ3v) is 3.92. The molecule has 0 spiro atoms. The van der Waals surface area contributed by atoms with E-state index in [1.807, 2.05) is 19.9 Å². The summed E-state index contributed by atoms with van der Waals surface area (Å²) in [7, 11) is 1.56. The molecule has 2 rings (SSSR count). The van der Waals surface area contributed by atoms with Gasteiger partial charge < -0.3 is 20.1 Å². The second kappa shape index (κ2) is 10.7. The van der Waals surface area contributed by atoms with Crippen molar-refractivity contribution in [3.63, 3.8) is 0 Å². The summed E-state index contributed by atoms with van der Waals surface area (Å²) in [6, 6.07) is 12.3. The lowest BCUT2D eigenvalue weighted by atomic mass is 10.2. The fourth-order valence-corrected chi connectivity index (χ4v) is 2.34. The third-order valence-electron chi connectivity index (χ3n) is 3.92. The molecule has 0 atom stereocenters. The van der Waals surface area contributed by atoms with E-state index >= 15 is 0 Å². The normalized spacial score (nSPS) is 10.6. The Bertz CT molecular complexity index is 886. The van der Waals surface area contributed by atoms with Crippen LogP contribution in [-0.2, 0) is 9.59 Å². The van der Waals surface area contributed by atoms with Crippen LogP contribution in [0.3, 0.4) is 0 Å². The smallest absolute Gasteiger partial charge is 0.248 e. The van der Waals surface area contributed by atoms with Gasteiger partial charge in [-0.05, 0) is 48.0 Å². The van der Waals surface area contributed by atoms with Crippen LogP contribution in [0.15, 0.2) is 61.2 Å². The van der Waals surface area contributed by atoms with Gasteiger partial charge >= 0.3 is 0 Å². The van der Waals surface area contributed by atoms with Gasteiger partial charge in [0.1, 0.15) is 6.61 Å². The highest BCUT2D eigenvalue weighted by atomic mass is 16.5. The van der Waals surface area contributed by atoms with Crippen molar-refractivity contribution in [2.75, 3.05) is 24.4 Å². The summed E-state index contributed by atoms with van der Waals surface area (Å²) in [5.41, 5.74) is 2.12. The second-order valence-electron chi connectivity index (χ2n) is 6.55. The van der Waals surface area contributed by atoms with E-state index in [4.69, 9.17) is 9.47 Å². The Morgan fingerprint density at radius 2 is 1.69 bits per heavy atom. The minimum atomic E-state index is -0.269. The van der Waals surface area contributed by atoms with Gasteiger partial charge in [0.25, 0.3) is 0 Å². The highest BCUT2D eigenvalue weighted by molar-refractivity contribution is 6.02. The van der Waals surface area contributed by atoms with Gasteiger partial charge in [0.2, 0.25) is 11.8 Å². The lowest BCUT2D eigenvalue weighted by Gasteiger charge is -2.10. The SMILES string of the molecule is C=CCOc1ccc(/C=C/C(=O)Nc2ccc(NC(=O)C(C)C)cc2)cc1OC. The lowest BCUT2D eigenvalue weighted by molar-refractivity contribution is -0.119. The van der Waals surface area contributed by atoms with E-state index < -0.39 is 0 Å². The van der Waals surface area contributed by atoms with E-state index in [0.717, 1.165) is 5.56 Å². The third kappa shape index (κ3) is 6.84. The Balaban J connectivity index is 1.97. The molecule has 0 aromatic heterocycles. The number of benzene rings is 2. The average molecular weight is 394 g/mol. The maximum Gasteiger partial charge on any atom is 0.248 e. The predicted octanol–water partition coefficient (Wildman–Crippen LogP) is 4.51. The van der Waals surface area contributed by atoms with E-state index in [9.17, 15) is 9.59 Å². The van der Waals surface area contributed by atoms with Crippen LogP contribution >= 0.6 is 0 Å². The number of amides is 2. The number of hydrogen-bond acceptors (Lipinski definition) is 4. The number of carbonyl (C=O) groups excluding carboxylic acids is 2. The quantitative estimate of drug-likeness (QED) is 0.485. The van der Waals surface area contributed by atoms with E-state index in [1.54, 1.807) is 55.7 Å². The van der Waals surface area contributed by atoms with Gasteiger partial charge in [-0.1, -0.05) is 32.6 Å². The van der Waals surface area contributed by atoms with Gasteiger partial charge in [0, 0.05) is 23.4 Å². The van der Waals surface area contributed by atoms with Gasteiger partial charge in [-0.2, -0.15) is 0 Å². The minimum absolute atomic E-state index is 0.0546. The largest absolute Gasteiger partial charge is 0.493 e. The van der Waals surface area contributed by atoms with E-state index in [2.05, 4.69) is 17.2 Å². The van der Waals surface area contributed by atoms with Crippen molar-refractivity contribution in [1.29, 1.82) is 0 Å². The van der Waals surface area contributed by atoms with Crippen molar-refractivity contribution in [1.82, 2.24) is 0 Å². The number of rotatable bonds is 9. The van der Waals surface area contributed by atoms with Crippen LogP contribution in [0.25, 0.3) is 6.08 Å². The van der Waals surface area contributed by atoms with Crippen molar-refractivity contribution in [2.24, 2.45) is 5.92 Å². The highest BCUT2D eigenvalue weighted by Gasteiger charge is 2.07. The molecule has 2 N–H and O–H groups in total. The first-order valence-electron chi connectivity index (χ1n) is 9.24. The van der Waals surface area contributed by atoms with Crippen LogP contribution in [-0.4, -0.2) is 25.5 Å². The first-order chi connectivity index (χ1) is 13.9. The number of carbonyl (C=O) groups is 2. The van der Waals surface area contributed by atoms with Crippen molar-refractivity contribution >= 4 is 29.3 Å². The maximum atomic E-state index is 12.2. The van der Waals surface area contributed by atoms with Gasteiger partial charge in [-0.15, -0.1) is 0 Å². The predicted molar refractivity (Wildman–Crippen MR) is 116 cm³/mol. The molecule has 29 heavy (non-hydrogen) atoms. The Morgan fingerprint density at radius 3 is 2.28 bits per heavy atom. The van der Waals surface area contributed by atoms with Crippen LogP contribution in [0.2, 0.25) is 0 Å². The Hall–Kier alpha value is -3.54. The summed E-state index contributed by atoms with van der Waals surface area (Å²) in [5, 5.41) is 5.58. The molecule has 0 radical (unpaired) electrons. The van der Waals surface area contributed by atoms with Crippen LogP contribution in [0.5, 0.6) is 11.5 Å². The van der Waals surface area contributed by atoms with Crippen LogP contribution in [0.1, 0.15) is 19.4 Å². The first-order valence-corrected chi connectivity index (χ1v) is 9.24. The zero-order valence-electron chi connectivity index (χ0n) is 16.9. The number of methoxy groups -OCH3 is 1. The molecule has 2 aromatic rings. The number of nitrogens with one attached hydrogen (secondary N) is 2. The molecule has 0 bridgehead atoms. The molecule has 152 valence electrons. The fraction of sp³-hybridized carbons (Fsp3) is 0.217. The molecule has 2 amide bonds. The number of ether oxygens (including phenoxy) is 2. The Kier molecular flexibility index (Phi) is 8.03. The summed E-state index contributed by atoms with van der Waals surface area (Å²) in [6.45, 7) is 7.65. The molecule has 0 unspecified atom stereocenters. The first kappa shape index (κ1) is 21.8. The molecule has 0 aliphatic heterocycles. The second-order valence-corrected chi connectivity index (χ2v) is 6.55. The molecule has 0 saturated carbocycles. The molecule has 0 heterocycles. The van der Waals surface area contributed by atoms with Crippen LogP contribution in [0, 0.1) is 5.92 Å². The maximum absolute atomic E-state index is 12.2. The Morgan fingerprint density at radius 1 is 1.03 bits per heavy atom. The monoisotopic (exact) mass is 394 g/mol. The fourth-order valence-electron chi connectivity index (χ4n) is 2.34. The van der Waals surface area contributed by atoms with Crippen molar-refractivity contribution in [2.45, 2.75) is 13.8 Å². The van der Waals surface area contributed by atoms with Crippen molar-refractivity contribution in [3.05, 3.63) is 66.8 Å². The molecule has 0 aliphatic carbocycles. The van der Waals surface area contributed by atoms with Gasteiger partial charge in [0.05, 0.1) is 7.11 Å². The number of anilines is 2. The number of hydrogen-bond donors (Lipinski definition) is 2. The summed E-state index contributed by atoms with van der Waals surface area (Å²) in [5.74, 6) is 0.767. The van der Waals surface area contributed by atoms with Gasteiger partial charge in [-0.25, -0.2) is 0 Å². The van der Waals surface area contributed by atoms with E-state index in [0.29, 0.717) is 29.5 Å². The molecular formula is C23H26N2O4. The van der Waals surface area contributed by atoms with Crippen LogP contribution < -0.4 is 20.1 Å². The highest BCUT2D eigenvalue weighted by Crippen LogP contribution is 2.28.